The predicted molar refractivity (Wildman–Crippen MR) is 58.2 cm³/mol. The Morgan fingerprint density at radius 2 is 1.44 bits per heavy atom. The standard InChI is InChI=1S/C10H18O8/c11-1-2-17-3-4-18-7-10(16,5-8(12)13)6-9(14)15/h11,16H,1-7H2,(H,12,13)(H,14,15). The summed E-state index contributed by atoms with van der Waals surface area (Å²) in [6, 6.07) is 0. The Labute approximate surface area is 104 Å². The maximum atomic E-state index is 10.5. The fraction of sp³-hybridized carbons (Fsp3) is 0.800. The summed E-state index contributed by atoms with van der Waals surface area (Å²) in [6.07, 6.45) is -1.42. The smallest absolute Gasteiger partial charge is 0.306 e. The van der Waals surface area contributed by atoms with Gasteiger partial charge >= 0.3 is 11.9 Å². The number of hydrogen-bond acceptors (Lipinski definition) is 6. The average Bonchev–Trinajstić information content (AvgIpc) is 2.20. The van der Waals surface area contributed by atoms with Crippen LogP contribution in [0.1, 0.15) is 12.8 Å². The first-order valence-corrected chi connectivity index (χ1v) is 5.32. The Morgan fingerprint density at radius 1 is 0.944 bits per heavy atom. The van der Waals surface area contributed by atoms with E-state index in [1.54, 1.807) is 0 Å². The molecule has 0 aliphatic carbocycles. The summed E-state index contributed by atoms with van der Waals surface area (Å²) in [6.45, 7) is -0.147. The van der Waals surface area contributed by atoms with Gasteiger partial charge in [-0.3, -0.25) is 9.59 Å². The monoisotopic (exact) mass is 266 g/mol. The van der Waals surface area contributed by atoms with Crippen LogP contribution in [0, 0.1) is 0 Å². The molecule has 0 rings (SSSR count). The van der Waals surface area contributed by atoms with Crippen LogP contribution in [0.4, 0.5) is 0 Å². The van der Waals surface area contributed by atoms with Crippen molar-refractivity contribution in [2.45, 2.75) is 18.4 Å². The van der Waals surface area contributed by atoms with Crippen molar-refractivity contribution in [3.8, 4) is 0 Å². The molecule has 0 radical (unpaired) electrons. The summed E-state index contributed by atoms with van der Waals surface area (Å²) < 4.78 is 9.83. The lowest BCUT2D eigenvalue weighted by atomic mass is 9.97. The lowest BCUT2D eigenvalue weighted by molar-refractivity contribution is -0.153. The molecule has 0 bridgehead atoms. The van der Waals surface area contributed by atoms with E-state index in [1.165, 1.54) is 0 Å². The second-order valence-corrected chi connectivity index (χ2v) is 3.75. The molecule has 18 heavy (non-hydrogen) atoms. The van der Waals surface area contributed by atoms with Crippen molar-refractivity contribution in [2.24, 2.45) is 0 Å². The fourth-order valence-corrected chi connectivity index (χ4v) is 1.27. The van der Waals surface area contributed by atoms with Crippen LogP contribution >= 0.6 is 0 Å². The van der Waals surface area contributed by atoms with Gasteiger partial charge in [-0.25, -0.2) is 0 Å². The zero-order valence-electron chi connectivity index (χ0n) is 9.87. The van der Waals surface area contributed by atoms with Crippen LogP contribution in [0.15, 0.2) is 0 Å². The van der Waals surface area contributed by atoms with E-state index in [2.05, 4.69) is 0 Å². The highest BCUT2D eigenvalue weighted by Crippen LogP contribution is 2.16. The van der Waals surface area contributed by atoms with Crippen molar-refractivity contribution in [3.05, 3.63) is 0 Å². The van der Waals surface area contributed by atoms with Crippen molar-refractivity contribution >= 4 is 11.9 Å². The van der Waals surface area contributed by atoms with E-state index in [-0.39, 0.29) is 26.4 Å². The normalized spacial score (nSPS) is 11.4. The van der Waals surface area contributed by atoms with Crippen molar-refractivity contribution in [2.75, 3.05) is 33.0 Å². The van der Waals surface area contributed by atoms with E-state index in [0.29, 0.717) is 0 Å². The molecule has 0 unspecified atom stereocenters. The quantitative estimate of drug-likeness (QED) is 0.339. The van der Waals surface area contributed by atoms with E-state index in [4.69, 9.17) is 24.8 Å². The molecule has 0 aliphatic rings. The molecule has 0 aliphatic heterocycles. The Bertz CT molecular complexity index is 249. The first kappa shape index (κ1) is 16.8. The van der Waals surface area contributed by atoms with Gasteiger partial charge in [-0.05, 0) is 0 Å². The third kappa shape index (κ3) is 8.88. The van der Waals surface area contributed by atoms with Crippen LogP contribution in [-0.4, -0.2) is 71.0 Å². The maximum absolute atomic E-state index is 10.5. The van der Waals surface area contributed by atoms with Crippen LogP contribution < -0.4 is 0 Å². The Morgan fingerprint density at radius 3 is 1.89 bits per heavy atom. The van der Waals surface area contributed by atoms with Gasteiger partial charge in [-0.1, -0.05) is 0 Å². The number of hydrogen-bond donors (Lipinski definition) is 4. The average molecular weight is 266 g/mol. The molecule has 0 saturated heterocycles. The molecule has 4 N–H and O–H groups in total. The molecular formula is C10H18O8. The van der Waals surface area contributed by atoms with Crippen LogP contribution in [0.3, 0.4) is 0 Å². The number of carboxylic acid groups (broad SMARTS) is 2. The number of ether oxygens (including phenoxy) is 2. The molecule has 0 amide bonds. The summed E-state index contributed by atoms with van der Waals surface area (Å²) in [7, 11) is 0. The molecule has 0 atom stereocenters. The first-order valence-electron chi connectivity index (χ1n) is 5.32. The molecule has 0 aromatic rings. The zero-order chi connectivity index (χ0) is 14.0. The number of carbonyl (C=O) groups is 2. The molecule has 0 aromatic heterocycles. The number of carboxylic acids is 2. The summed E-state index contributed by atoms with van der Waals surface area (Å²) in [5.74, 6) is -2.61. The van der Waals surface area contributed by atoms with Crippen LogP contribution in [0.5, 0.6) is 0 Å². The van der Waals surface area contributed by atoms with Crippen molar-refractivity contribution in [1.82, 2.24) is 0 Å². The Balaban J connectivity index is 4.01. The van der Waals surface area contributed by atoms with E-state index >= 15 is 0 Å². The lowest BCUT2D eigenvalue weighted by Crippen LogP contribution is -2.39. The number of aliphatic hydroxyl groups excluding tert-OH is 1. The third-order valence-corrected chi connectivity index (χ3v) is 1.94. The van der Waals surface area contributed by atoms with Crippen molar-refractivity contribution < 1.29 is 39.5 Å². The van der Waals surface area contributed by atoms with Gasteiger partial charge in [0.15, 0.2) is 0 Å². The van der Waals surface area contributed by atoms with Crippen molar-refractivity contribution in [3.63, 3.8) is 0 Å². The minimum Gasteiger partial charge on any atom is -0.481 e. The molecule has 0 aromatic carbocycles. The maximum Gasteiger partial charge on any atom is 0.306 e. The van der Waals surface area contributed by atoms with Crippen LogP contribution in [-0.2, 0) is 19.1 Å². The number of aliphatic hydroxyl groups is 2. The van der Waals surface area contributed by atoms with Gasteiger partial charge in [0.05, 0.1) is 45.9 Å². The molecule has 106 valence electrons. The van der Waals surface area contributed by atoms with Gasteiger partial charge in [0.1, 0.15) is 5.60 Å². The van der Waals surface area contributed by atoms with Gasteiger partial charge in [0.2, 0.25) is 0 Å². The highest BCUT2D eigenvalue weighted by molar-refractivity contribution is 5.72. The second-order valence-electron chi connectivity index (χ2n) is 3.75. The second kappa shape index (κ2) is 8.81. The zero-order valence-corrected chi connectivity index (χ0v) is 9.87. The van der Waals surface area contributed by atoms with Crippen LogP contribution in [0.25, 0.3) is 0 Å². The van der Waals surface area contributed by atoms with Gasteiger partial charge in [-0.15, -0.1) is 0 Å². The summed E-state index contributed by atoms with van der Waals surface area (Å²) >= 11 is 0. The predicted octanol–water partition coefficient (Wildman–Crippen LogP) is -1.31. The van der Waals surface area contributed by atoms with E-state index < -0.39 is 37.0 Å². The third-order valence-electron chi connectivity index (χ3n) is 1.94. The molecule has 0 saturated carbocycles. The lowest BCUT2D eigenvalue weighted by Gasteiger charge is -2.24. The molecule has 0 heterocycles. The highest BCUT2D eigenvalue weighted by atomic mass is 16.5. The Kier molecular flexibility index (Phi) is 8.21. The van der Waals surface area contributed by atoms with Gasteiger partial charge < -0.3 is 29.9 Å². The van der Waals surface area contributed by atoms with Gasteiger partial charge in [0.25, 0.3) is 0 Å². The fourth-order valence-electron chi connectivity index (χ4n) is 1.27. The Hall–Kier alpha value is -1.22. The van der Waals surface area contributed by atoms with Gasteiger partial charge in [-0.2, -0.15) is 0 Å². The summed E-state index contributed by atoms with van der Waals surface area (Å²) in [4.78, 5) is 21.0. The SMILES string of the molecule is O=C(O)CC(O)(COCCOCCO)CC(=O)O. The van der Waals surface area contributed by atoms with E-state index in [9.17, 15) is 14.7 Å². The topological polar surface area (TPSA) is 134 Å². The first-order chi connectivity index (χ1) is 8.39. The summed E-state index contributed by atoms with van der Waals surface area (Å²) in [5, 5.41) is 35.3. The molecule has 8 nitrogen and oxygen atoms in total. The number of rotatable bonds is 11. The molecule has 0 spiro atoms. The van der Waals surface area contributed by atoms with Gasteiger partial charge in [0, 0.05) is 0 Å². The number of aliphatic carboxylic acids is 2. The van der Waals surface area contributed by atoms with Crippen molar-refractivity contribution in [1.29, 1.82) is 0 Å². The largest absolute Gasteiger partial charge is 0.481 e. The highest BCUT2D eigenvalue weighted by Gasteiger charge is 2.33. The summed E-state index contributed by atoms with van der Waals surface area (Å²) in [5.41, 5.74) is -1.94. The molecular weight excluding hydrogens is 248 g/mol. The van der Waals surface area contributed by atoms with Crippen LogP contribution in [0.2, 0.25) is 0 Å². The molecule has 8 heteroatoms. The van der Waals surface area contributed by atoms with E-state index in [0.717, 1.165) is 0 Å². The minimum atomic E-state index is -1.94. The minimum absolute atomic E-state index is 0.0710. The van der Waals surface area contributed by atoms with E-state index in [1.807, 2.05) is 0 Å². The molecule has 0 fully saturated rings.